The quantitative estimate of drug-likeness (QED) is 0.0732. The van der Waals surface area contributed by atoms with Gasteiger partial charge in [0, 0.05) is 18.9 Å². The van der Waals surface area contributed by atoms with Gasteiger partial charge in [-0.1, -0.05) is 103 Å². The maximum Gasteiger partial charge on any atom is 0.407 e. The van der Waals surface area contributed by atoms with Crippen molar-refractivity contribution in [2.45, 2.75) is 43.4 Å². The fourth-order valence-electron chi connectivity index (χ4n) is 6.96. The summed E-state index contributed by atoms with van der Waals surface area (Å²) < 4.78 is 23.4. The third-order valence-electron chi connectivity index (χ3n) is 9.78. The molecule has 53 heavy (non-hydrogen) atoms. The van der Waals surface area contributed by atoms with E-state index in [1.165, 1.54) is 0 Å². The topological polar surface area (TPSA) is 115 Å². The van der Waals surface area contributed by atoms with Crippen molar-refractivity contribution in [3.8, 4) is 22.6 Å². The number of rotatable bonds is 16. The van der Waals surface area contributed by atoms with Crippen LogP contribution in [0.1, 0.15) is 53.5 Å². The summed E-state index contributed by atoms with van der Waals surface area (Å²) >= 11 is 0. The number of benzene rings is 5. The van der Waals surface area contributed by atoms with Crippen molar-refractivity contribution in [1.29, 1.82) is 0 Å². The highest BCUT2D eigenvalue weighted by atomic mass is 16.5. The maximum atomic E-state index is 13.2. The lowest BCUT2D eigenvalue weighted by atomic mass is 9.80. The third kappa shape index (κ3) is 8.38. The van der Waals surface area contributed by atoms with E-state index in [0.717, 1.165) is 38.9 Å². The van der Waals surface area contributed by atoms with Crippen LogP contribution in [0, 0.1) is 0 Å². The van der Waals surface area contributed by atoms with Gasteiger partial charge in [0.15, 0.2) is 0 Å². The number of alkyl carbamates (subject to hydrolysis) is 1. The van der Waals surface area contributed by atoms with Gasteiger partial charge in [0.25, 0.3) is 0 Å². The first-order valence-electron chi connectivity index (χ1n) is 17.9. The Morgan fingerprint density at radius 2 is 1.23 bits per heavy atom. The van der Waals surface area contributed by atoms with Gasteiger partial charge >= 0.3 is 6.09 Å². The summed E-state index contributed by atoms with van der Waals surface area (Å²) in [6, 6.07) is 40.8. The zero-order valence-corrected chi connectivity index (χ0v) is 30.3. The Morgan fingerprint density at radius 3 is 1.75 bits per heavy atom. The second kappa shape index (κ2) is 17.3. The molecule has 0 spiro atoms. The average Bonchev–Trinajstić information content (AvgIpc) is 3.52. The number of nitrogens with one attached hydrogen (secondary N) is 2. The molecule has 0 heterocycles. The van der Waals surface area contributed by atoms with E-state index >= 15 is 0 Å². The number of fused-ring (bicyclic) bond motifs is 3. The molecule has 9 nitrogen and oxygen atoms in total. The summed E-state index contributed by atoms with van der Waals surface area (Å²) in [6.45, 7) is 2.09. The second-order valence-electron chi connectivity index (χ2n) is 13.1. The molecule has 5 aromatic carbocycles. The number of aliphatic hydroxyl groups is 1. The van der Waals surface area contributed by atoms with Crippen LogP contribution >= 0.6 is 0 Å². The second-order valence-corrected chi connectivity index (χ2v) is 13.1. The van der Waals surface area contributed by atoms with Gasteiger partial charge in [-0.05, 0) is 76.6 Å². The highest BCUT2D eigenvalue weighted by Gasteiger charge is 2.39. The summed E-state index contributed by atoms with van der Waals surface area (Å²) in [7, 11) is 3.24. The predicted octanol–water partition coefficient (Wildman–Crippen LogP) is 7.20. The summed E-state index contributed by atoms with van der Waals surface area (Å²) in [5, 5.41) is 16.5. The lowest BCUT2D eigenvalue weighted by Crippen LogP contribution is -2.47. The van der Waals surface area contributed by atoms with E-state index < -0.39 is 23.8 Å². The summed E-state index contributed by atoms with van der Waals surface area (Å²) in [4.78, 5) is 25.8. The van der Waals surface area contributed by atoms with Crippen LogP contribution in [-0.2, 0) is 19.9 Å². The molecule has 274 valence electrons. The molecular weight excluding hydrogens is 668 g/mol. The minimum Gasteiger partial charge on any atom is -0.497 e. The van der Waals surface area contributed by atoms with Crippen molar-refractivity contribution in [2.75, 3.05) is 34.0 Å². The Labute approximate surface area is 310 Å². The Balaban J connectivity index is 1.07. The van der Waals surface area contributed by atoms with Crippen molar-refractivity contribution < 1.29 is 33.6 Å². The average molecular weight is 715 g/mol. The Kier molecular flexibility index (Phi) is 12.1. The van der Waals surface area contributed by atoms with Gasteiger partial charge < -0.3 is 34.7 Å². The van der Waals surface area contributed by atoms with Crippen LogP contribution in [0.15, 0.2) is 127 Å². The van der Waals surface area contributed by atoms with E-state index in [9.17, 15) is 14.7 Å². The van der Waals surface area contributed by atoms with E-state index in [-0.39, 0.29) is 38.0 Å². The van der Waals surface area contributed by atoms with E-state index in [2.05, 4.69) is 34.9 Å². The van der Waals surface area contributed by atoms with Crippen molar-refractivity contribution in [2.24, 2.45) is 0 Å². The van der Waals surface area contributed by atoms with Gasteiger partial charge in [0.1, 0.15) is 23.7 Å². The number of hydrogen-bond donors (Lipinski definition) is 3. The lowest BCUT2D eigenvalue weighted by Gasteiger charge is -2.37. The first kappa shape index (κ1) is 37.1. The molecule has 5 aromatic rings. The Morgan fingerprint density at radius 1 is 0.717 bits per heavy atom. The van der Waals surface area contributed by atoms with E-state index in [4.69, 9.17) is 18.9 Å². The van der Waals surface area contributed by atoms with Crippen LogP contribution in [0.3, 0.4) is 0 Å². The summed E-state index contributed by atoms with van der Waals surface area (Å²) in [6.07, 6.45) is -0.933. The largest absolute Gasteiger partial charge is 0.497 e. The van der Waals surface area contributed by atoms with Gasteiger partial charge in [-0.2, -0.15) is 0 Å². The fraction of sp³-hybridized carbons (Fsp3) is 0.273. The number of ether oxygens (including phenoxy) is 4. The smallest absolute Gasteiger partial charge is 0.407 e. The van der Waals surface area contributed by atoms with Gasteiger partial charge in [-0.15, -0.1) is 0 Å². The van der Waals surface area contributed by atoms with Gasteiger partial charge in [-0.3, -0.25) is 4.79 Å². The van der Waals surface area contributed by atoms with Crippen LogP contribution in [-0.4, -0.2) is 63.2 Å². The molecular formula is C44H46N2O7. The molecule has 0 aliphatic heterocycles. The minimum absolute atomic E-state index is 0.00560. The highest BCUT2D eigenvalue weighted by Crippen LogP contribution is 2.45. The molecule has 6 rings (SSSR count). The Bertz CT molecular complexity index is 1870. The van der Waals surface area contributed by atoms with Crippen LogP contribution in [0.25, 0.3) is 11.1 Å². The molecule has 0 bridgehead atoms. The number of hydrogen-bond acceptors (Lipinski definition) is 7. The van der Waals surface area contributed by atoms with Crippen molar-refractivity contribution >= 4 is 12.0 Å². The molecule has 2 atom stereocenters. The minimum atomic E-state index is -1.11. The first-order valence-corrected chi connectivity index (χ1v) is 17.9. The maximum absolute atomic E-state index is 13.2. The van der Waals surface area contributed by atoms with E-state index in [1.54, 1.807) is 21.1 Å². The summed E-state index contributed by atoms with van der Waals surface area (Å²) in [5.41, 5.74) is 6.05. The van der Waals surface area contributed by atoms with Gasteiger partial charge in [0.05, 0.1) is 33.0 Å². The highest BCUT2D eigenvalue weighted by molar-refractivity contribution is 5.79. The lowest BCUT2D eigenvalue weighted by molar-refractivity contribution is -0.124. The van der Waals surface area contributed by atoms with Crippen LogP contribution in [0.2, 0.25) is 0 Å². The predicted molar refractivity (Wildman–Crippen MR) is 204 cm³/mol. The molecule has 0 unspecified atom stereocenters. The number of carbonyl (C=O) groups is 2. The molecule has 0 radical (unpaired) electrons. The molecule has 0 fully saturated rings. The molecule has 1 aliphatic rings. The van der Waals surface area contributed by atoms with Gasteiger partial charge in [-0.25, -0.2) is 4.79 Å². The molecule has 9 heteroatoms. The molecule has 2 amide bonds. The number of carbonyl (C=O) groups excluding carboxylic acids is 2. The Hall–Kier alpha value is -5.64. The molecule has 0 aromatic heterocycles. The summed E-state index contributed by atoms with van der Waals surface area (Å²) in [5.74, 6) is 1.10. The van der Waals surface area contributed by atoms with E-state index in [0.29, 0.717) is 17.9 Å². The molecule has 0 saturated carbocycles. The van der Waals surface area contributed by atoms with Crippen molar-refractivity contribution in [3.63, 3.8) is 0 Å². The first-order chi connectivity index (χ1) is 25.8. The number of methoxy groups -OCH3 is 2. The monoisotopic (exact) mass is 714 g/mol. The van der Waals surface area contributed by atoms with Crippen LogP contribution in [0.5, 0.6) is 11.5 Å². The standard InChI is InChI=1S/C44H46N2O7/c1-30(47)41(46-42(48)18-11-27-45-43(49)52-28-40-38-16-9-7-14-36(38)37-15-8-10-17-39(37)40)29-53-44(31-12-5-4-6-13-31,32-19-23-34(50-2)24-20-32)33-21-25-35(51-3)26-22-33/h4-10,12-17,19-26,30,40-41,47H,11,18,27-29H2,1-3H3,(H,45,49)(H,46,48)/t30-,41-/m1/s1. The normalized spacial score (nSPS) is 13.3. The number of aliphatic hydroxyl groups excluding tert-OH is 1. The van der Waals surface area contributed by atoms with E-state index in [1.807, 2.05) is 103 Å². The van der Waals surface area contributed by atoms with Crippen molar-refractivity contribution in [3.05, 3.63) is 155 Å². The zero-order valence-electron chi connectivity index (χ0n) is 30.3. The number of amides is 2. The molecule has 3 N–H and O–H groups in total. The third-order valence-corrected chi connectivity index (χ3v) is 9.78. The van der Waals surface area contributed by atoms with Gasteiger partial charge in [0.2, 0.25) is 5.91 Å². The van der Waals surface area contributed by atoms with Crippen molar-refractivity contribution in [1.82, 2.24) is 10.6 Å². The van der Waals surface area contributed by atoms with Crippen LogP contribution < -0.4 is 20.1 Å². The SMILES string of the molecule is COc1ccc(C(OC[C@@H](NC(=O)CCCNC(=O)OCC2c3ccccc3-c3ccccc32)[C@@H](C)O)(c2ccccc2)c2ccc(OC)cc2)cc1. The van der Waals surface area contributed by atoms with Crippen LogP contribution in [0.4, 0.5) is 4.79 Å². The fourth-order valence-corrected chi connectivity index (χ4v) is 6.96. The molecule has 1 aliphatic carbocycles. The molecule has 0 saturated heterocycles. The zero-order chi connectivity index (χ0) is 37.2.